The second kappa shape index (κ2) is 6.09. The van der Waals surface area contributed by atoms with E-state index in [1.165, 1.54) is 19.3 Å². The van der Waals surface area contributed by atoms with Gasteiger partial charge in [0.2, 0.25) is 0 Å². The van der Waals surface area contributed by atoms with Gasteiger partial charge in [0.25, 0.3) is 0 Å². The fourth-order valence-electron chi connectivity index (χ4n) is 3.31. The van der Waals surface area contributed by atoms with Crippen molar-refractivity contribution in [2.75, 3.05) is 39.4 Å². The van der Waals surface area contributed by atoms with Crippen LogP contribution in [0.5, 0.6) is 0 Å². The van der Waals surface area contributed by atoms with Gasteiger partial charge in [-0.15, -0.1) is 0 Å². The molecule has 0 atom stereocenters. The van der Waals surface area contributed by atoms with E-state index in [2.05, 4.69) is 10.2 Å². The van der Waals surface area contributed by atoms with Gasteiger partial charge in [-0.05, 0) is 12.8 Å². The third-order valence-electron chi connectivity index (χ3n) is 4.64. The lowest BCUT2D eigenvalue weighted by Crippen LogP contribution is -2.65. The zero-order valence-electron chi connectivity index (χ0n) is 11.6. The molecule has 2 amide bonds. The third kappa shape index (κ3) is 3.20. The van der Waals surface area contributed by atoms with Crippen molar-refractivity contribution in [2.24, 2.45) is 0 Å². The predicted octanol–water partition coefficient (Wildman–Crippen LogP) is 1.05. The lowest BCUT2D eigenvalue weighted by atomic mass is 9.95. The first-order valence-electron chi connectivity index (χ1n) is 7.70. The summed E-state index contributed by atoms with van der Waals surface area (Å²) in [5.74, 6) is 0. The summed E-state index contributed by atoms with van der Waals surface area (Å²) in [5.41, 5.74) is 0. The van der Waals surface area contributed by atoms with Crippen molar-refractivity contribution in [1.82, 2.24) is 15.1 Å². The number of rotatable bonds is 2. The molecule has 3 aliphatic rings. The molecule has 3 rings (SSSR count). The third-order valence-corrected chi connectivity index (χ3v) is 4.64. The van der Waals surface area contributed by atoms with Crippen molar-refractivity contribution in [3.63, 3.8) is 0 Å². The number of amides is 2. The molecule has 2 saturated heterocycles. The van der Waals surface area contributed by atoms with Crippen LogP contribution in [0.25, 0.3) is 0 Å². The van der Waals surface area contributed by atoms with Crippen LogP contribution in [0.4, 0.5) is 4.79 Å². The number of hydrogen-bond donors (Lipinski definition) is 1. The zero-order valence-corrected chi connectivity index (χ0v) is 11.6. The maximum Gasteiger partial charge on any atom is 0.317 e. The van der Waals surface area contributed by atoms with Crippen molar-refractivity contribution in [1.29, 1.82) is 0 Å². The highest BCUT2D eigenvalue weighted by Crippen LogP contribution is 2.20. The number of nitrogens with one attached hydrogen (secondary N) is 1. The molecule has 1 N–H and O–H groups in total. The lowest BCUT2D eigenvalue weighted by molar-refractivity contribution is -0.0206. The maximum atomic E-state index is 12.1. The van der Waals surface area contributed by atoms with Crippen LogP contribution >= 0.6 is 0 Å². The van der Waals surface area contributed by atoms with Gasteiger partial charge in [-0.2, -0.15) is 0 Å². The average molecular weight is 267 g/mol. The summed E-state index contributed by atoms with van der Waals surface area (Å²) in [6, 6.07) is 1.13. The molecular weight excluding hydrogens is 242 g/mol. The molecule has 0 unspecified atom stereocenters. The van der Waals surface area contributed by atoms with E-state index in [1.54, 1.807) is 0 Å². The van der Waals surface area contributed by atoms with Gasteiger partial charge >= 0.3 is 6.03 Å². The van der Waals surface area contributed by atoms with E-state index in [-0.39, 0.29) is 6.03 Å². The molecule has 0 bridgehead atoms. The Bertz CT molecular complexity index is 306. The van der Waals surface area contributed by atoms with Gasteiger partial charge < -0.3 is 15.0 Å². The number of likely N-dealkylation sites (tertiary alicyclic amines) is 1. The van der Waals surface area contributed by atoms with E-state index in [0.29, 0.717) is 12.1 Å². The van der Waals surface area contributed by atoms with Gasteiger partial charge in [0.05, 0.1) is 13.2 Å². The topological polar surface area (TPSA) is 44.8 Å². The van der Waals surface area contributed by atoms with Crippen LogP contribution in [0.15, 0.2) is 0 Å². The summed E-state index contributed by atoms with van der Waals surface area (Å²) >= 11 is 0. The first-order valence-corrected chi connectivity index (χ1v) is 7.70. The maximum absolute atomic E-state index is 12.1. The number of carbonyl (C=O) groups is 1. The van der Waals surface area contributed by atoms with Crippen molar-refractivity contribution < 1.29 is 9.53 Å². The van der Waals surface area contributed by atoms with Crippen molar-refractivity contribution in [3.8, 4) is 0 Å². The van der Waals surface area contributed by atoms with Gasteiger partial charge in [-0.25, -0.2) is 4.79 Å². The highest BCUT2D eigenvalue weighted by atomic mass is 16.5. The molecule has 108 valence electrons. The van der Waals surface area contributed by atoms with E-state index < -0.39 is 0 Å². The first-order chi connectivity index (χ1) is 9.33. The van der Waals surface area contributed by atoms with E-state index >= 15 is 0 Å². The van der Waals surface area contributed by atoms with Gasteiger partial charge in [0.15, 0.2) is 0 Å². The second-order valence-electron chi connectivity index (χ2n) is 5.99. The second-order valence-corrected chi connectivity index (χ2v) is 5.99. The molecule has 3 fully saturated rings. The summed E-state index contributed by atoms with van der Waals surface area (Å²) < 4.78 is 5.36. The van der Waals surface area contributed by atoms with Crippen LogP contribution in [0.1, 0.15) is 32.1 Å². The fourth-order valence-corrected chi connectivity index (χ4v) is 3.31. The van der Waals surface area contributed by atoms with Crippen LogP contribution in [0, 0.1) is 0 Å². The fraction of sp³-hybridized carbons (Fsp3) is 0.929. The largest absolute Gasteiger partial charge is 0.379 e. The summed E-state index contributed by atoms with van der Waals surface area (Å²) in [6.07, 6.45) is 6.18. The van der Waals surface area contributed by atoms with E-state index in [9.17, 15) is 4.79 Å². The van der Waals surface area contributed by atoms with Gasteiger partial charge in [0.1, 0.15) is 0 Å². The Kier molecular flexibility index (Phi) is 4.23. The molecular formula is C14H25N3O2. The number of carbonyl (C=O) groups excluding carboxylic acids is 1. The summed E-state index contributed by atoms with van der Waals surface area (Å²) in [4.78, 5) is 16.5. The minimum absolute atomic E-state index is 0.149. The van der Waals surface area contributed by atoms with Crippen molar-refractivity contribution in [2.45, 2.75) is 44.2 Å². The molecule has 1 saturated carbocycles. The van der Waals surface area contributed by atoms with Gasteiger partial charge in [-0.3, -0.25) is 4.90 Å². The Balaban J connectivity index is 1.38. The minimum atomic E-state index is 0.149. The SMILES string of the molecule is O=C(NC1CCCCC1)N1CC(N2CCOCC2)C1. The molecule has 2 heterocycles. The Morgan fingerprint density at radius 3 is 2.42 bits per heavy atom. The quantitative estimate of drug-likeness (QED) is 0.813. The Labute approximate surface area is 115 Å². The molecule has 0 radical (unpaired) electrons. The van der Waals surface area contributed by atoms with Crippen LogP contribution in [0.2, 0.25) is 0 Å². The highest BCUT2D eigenvalue weighted by Gasteiger charge is 2.35. The molecule has 0 aromatic carbocycles. The lowest BCUT2D eigenvalue weighted by Gasteiger charge is -2.46. The van der Waals surface area contributed by atoms with E-state index in [1.807, 2.05) is 4.90 Å². The van der Waals surface area contributed by atoms with E-state index in [4.69, 9.17) is 4.74 Å². The Hall–Kier alpha value is -0.810. The number of morpholine rings is 1. The number of ether oxygens (including phenoxy) is 1. The minimum Gasteiger partial charge on any atom is -0.379 e. The zero-order chi connectivity index (χ0) is 13.1. The Morgan fingerprint density at radius 2 is 1.74 bits per heavy atom. The predicted molar refractivity (Wildman–Crippen MR) is 73.2 cm³/mol. The number of nitrogens with zero attached hydrogens (tertiary/aromatic N) is 2. The number of hydrogen-bond acceptors (Lipinski definition) is 3. The van der Waals surface area contributed by atoms with Crippen molar-refractivity contribution >= 4 is 6.03 Å². The molecule has 19 heavy (non-hydrogen) atoms. The standard InChI is InChI=1S/C14H25N3O2/c18-14(15-12-4-2-1-3-5-12)17-10-13(11-17)16-6-8-19-9-7-16/h12-13H,1-11H2,(H,15,18). The highest BCUT2D eigenvalue weighted by molar-refractivity contribution is 5.75. The van der Waals surface area contributed by atoms with Crippen LogP contribution in [0.3, 0.4) is 0 Å². The summed E-state index contributed by atoms with van der Waals surface area (Å²) in [7, 11) is 0. The van der Waals surface area contributed by atoms with Crippen LogP contribution in [-0.2, 0) is 4.74 Å². The molecule has 1 aliphatic carbocycles. The molecule has 0 spiro atoms. The average Bonchev–Trinajstić information content (AvgIpc) is 2.39. The van der Waals surface area contributed by atoms with E-state index in [0.717, 1.165) is 52.2 Å². The number of urea groups is 1. The molecule has 5 nitrogen and oxygen atoms in total. The van der Waals surface area contributed by atoms with Gasteiger partial charge in [-0.1, -0.05) is 19.3 Å². The monoisotopic (exact) mass is 267 g/mol. The summed E-state index contributed by atoms with van der Waals surface area (Å²) in [6.45, 7) is 5.48. The van der Waals surface area contributed by atoms with Crippen LogP contribution < -0.4 is 5.32 Å². The Morgan fingerprint density at radius 1 is 1.05 bits per heavy atom. The summed E-state index contributed by atoms with van der Waals surface area (Å²) in [5, 5.41) is 3.19. The van der Waals surface area contributed by atoms with Gasteiger partial charge in [0, 0.05) is 38.3 Å². The molecule has 5 heteroatoms. The van der Waals surface area contributed by atoms with Crippen LogP contribution in [-0.4, -0.2) is 67.3 Å². The molecule has 0 aromatic heterocycles. The molecule has 0 aromatic rings. The first kappa shape index (κ1) is 13.2. The molecule has 2 aliphatic heterocycles. The van der Waals surface area contributed by atoms with Crippen molar-refractivity contribution in [3.05, 3.63) is 0 Å². The normalized spacial score (nSPS) is 27.1. The smallest absolute Gasteiger partial charge is 0.317 e.